The average molecular weight is 325 g/mol. The summed E-state index contributed by atoms with van der Waals surface area (Å²) in [6.07, 6.45) is 1.62. The number of aromatic nitrogens is 4. The average Bonchev–Trinajstić information content (AvgIpc) is 3.20. The fourth-order valence-electron chi connectivity index (χ4n) is 2.74. The molecule has 6 nitrogen and oxygen atoms in total. The Labute approximate surface area is 141 Å². The van der Waals surface area contributed by atoms with E-state index in [1.54, 1.807) is 6.07 Å². The Morgan fingerprint density at radius 3 is 2.75 bits per heavy atom. The van der Waals surface area contributed by atoms with E-state index in [4.69, 9.17) is 0 Å². The number of fused-ring (bicyclic) bond motifs is 1. The third kappa shape index (κ3) is 3.48. The lowest BCUT2D eigenvalue weighted by Crippen LogP contribution is -2.30. The molecule has 0 bridgehead atoms. The third-order valence-electron chi connectivity index (χ3n) is 3.99. The number of carbonyl (C=O) groups excluding carboxylic acids is 1. The minimum atomic E-state index is -0.183. The highest BCUT2D eigenvalue weighted by atomic mass is 16.2. The van der Waals surface area contributed by atoms with Gasteiger partial charge in [0.2, 0.25) is 0 Å². The van der Waals surface area contributed by atoms with Gasteiger partial charge in [0.05, 0.1) is 17.1 Å². The molecule has 126 valence electrons. The van der Waals surface area contributed by atoms with E-state index in [2.05, 4.69) is 39.3 Å². The number of carbonyl (C=O) groups is 1. The van der Waals surface area contributed by atoms with Gasteiger partial charge in [-0.1, -0.05) is 32.9 Å². The Kier molecular flexibility index (Phi) is 4.64. The lowest BCUT2D eigenvalue weighted by molar-refractivity contribution is 0.0925. The van der Waals surface area contributed by atoms with Crippen molar-refractivity contribution in [3.05, 3.63) is 47.5 Å². The summed E-state index contributed by atoms with van der Waals surface area (Å²) in [6, 6.07) is 9.49. The number of rotatable bonds is 6. The minimum absolute atomic E-state index is 0.174. The predicted octanol–water partition coefficient (Wildman–Crippen LogP) is 3.37. The molecular formula is C18H23N5O. The first kappa shape index (κ1) is 16.2. The molecule has 1 amide bonds. The van der Waals surface area contributed by atoms with Crippen molar-refractivity contribution in [3.63, 3.8) is 0 Å². The summed E-state index contributed by atoms with van der Waals surface area (Å²) >= 11 is 0. The van der Waals surface area contributed by atoms with E-state index in [-0.39, 0.29) is 11.9 Å². The van der Waals surface area contributed by atoms with E-state index >= 15 is 0 Å². The van der Waals surface area contributed by atoms with E-state index in [1.165, 1.54) is 0 Å². The molecule has 1 aromatic carbocycles. The van der Waals surface area contributed by atoms with Gasteiger partial charge < -0.3 is 10.3 Å². The van der Waals surface area contributed by atoms with Crippen molar-refractivity contribution in [1.82, 2.24) is 25.5 Å². The number of aromatic amines is 2. The van der Waals surface area contributed by atoms with Gasteiger partial charge in [0, 0.05) is 5.69 Å². The number of nitrogens with one attached hydrogen (secondary N) is 3. The second kappa shape index (κ2) is 6.86. The van der Waals surface area contributed by atoms with Crippen LogP contribution in [0.5, 0.6) is 0 Å². The monoisotopic (exact) mass is 325 g/mol. The van der Waals surface area contributed by atoms with Gasteiger partial charge in [0.15, 0.2) is 0 Å². The van der Waals surface area contributed by atoms with E-state index in [1.807, 2.05) is 31.2 Å². The zero-order valence-corrected chi connectivity index (χ0v) is 14.3. The fraction of sp³-hybridized carbons (Fsp3) is 0.389. The largest absolute Gasteiger partial charge is 0.341 e. The van der Waals surface area contributed by atoms with Crippen LogP contribution in [0.2, 0.25) is 0 Å². The van der Waals surface area contributed by atoms with Crippen LogP contribution in [0, 0.1) is 5.92 Å². The highest BCUT2D eigenvalue weighted by Crippen LogP contribution is 2.22. The first-order valence-corrected chi connectivity index (χ1v) is 8.36. The van der Waals surface area contributed by atoms with Crippen LogP contribution in [-0.4, -0.2) is 26.1 Å². The Bertz CT molecular complexity index is 800. The maximum absolute atomic E-state index is 12.5. The van der Waals surface area contributed by atoms with Gasteiger partial charge in [-0.2, -0.15) is 5.10 Å². The van der Waals surface area contributed by atoms with Crippen LogP contribution in [0.1, 0.15) is 55.2 Å². The van der Waals surface area contributed by atoms with E-state index in [9.17, 15) is 4.79 Å². The maximum atomic E-state index is 12.5. The van der Waals surface area contributed by atoms with Crippen LogP contribution in [0.15, 0.2) is 30.3 Å². The van der Waals surface area contributed by atoms with Crippen molar-refractivity contribution >= 4 is 16.9 Å². The lowest BCUT2D eigenvalue weighted by Gasteiger charge is -2.18. The highest BCUT2D eigenvalue weighted by Gasteiger charge is 2.21. The Hall–Kier alpha value is -2.63. The van der Waals surface area contributed by atoms with Gasteiger partial charge in [-0.25, -0.2) is 4.98 Å². The number of aryl methyl sites for hydroxylation is 1. The number of nitrogens with zero attached hydrogens (tertiary/aromatic N) is 2. The van der Waals surface area contributed by atoms with Crippen LogP contribution in [0.4, 0.5) is 0 Å². The quantitative estimate of drug-likeness (QED) is 0.649. The van der Waals surface area contributed by atoms with E-state index in [0.717, 1.165) is 35.4 Å². The standard InChI is InChI=1S/C18H23N5O/c1-4-12-10-16(23-22-12)18(24)21-15(9-11(2)3)17-19-13-7-5-6-8-14(13)20-17/h5-8,10-11,15H,4,9H2,1-3H3,(H,19,20)(H,21,24)(H,22,23). The SMILES string of the molecule is CCc1cc(C(=O)NC(CC(C)C)c2nc3ccccc3[nH]2)n[nH]1. The van der Waals surface area contributed by atoms with Gasteiger partial charge >= 0.3 is 0 Å². The molecule has 24 heavy (non-hydrogen) atoms. The van der Waals surface area contributed by atoms with Crippen LogP contribution >= 0.6 is 0 Å². The first-order chi connectivity index (χ1) is 11.6. The summed E-state index contributed by atoms with van der Waals surface area (Å²) in [5.41, 5.74) is 3.24. The molecule has 2 heterocycles. The van der Waals surface area contributed by atoms with Gasteiger partial charge in [-0.3, -0.25) is 9.89 Å². The van der Waals surface area contributed by atoms with Crippen LogP contribution in [0.25, 0.3) is 11.0 Å². The number of benzene rings is 1. The Morgan fingerprint density at radius 2 is 2.08 bits per heavy atom. The molecule has 3 aromatic rings. The first-order valence-electron chi connectivity index (χ1n) is 8.36. The molecule has 0 fully saturated rings. The second-order valence-electron chi connectivity index (χ2n) is 6.43. The Morgan fingerprint density at radius 1 is 1.29 bits per heavy atom. The number of para-hydroxylation sites is 2. The number of hydrogen-bond donors (Lipinski definition) is 3. The van der Waals surface area contributed by atoms with Crippen LogP contribution in [-0.2, 0) is 6.42 Å². The fourth-order valence-corrected chi connectivity index (χ4v) is 2.74. The molecule has 0 radical (unpaired) electrons. The Balaban J connectivity index is 1.84. The van der Waals surface area contributed by atoms with Crippen LogP contribution in [0.3, 0.4) is 0 Å². The lowest BCUT2D eigenvalue weighted by atomic mass is 10.0. The minimum Gasteiger partial charge on any atom is -0.341 e. The summed E-state index contributed by atoms with van der Waals surface area (Å²) < 4.78 is 0. The number of hydrogen-bond acceptors (Lipinski definition) is 3. The van der Waals surface area contributed by atoms with Crippen molar-refractivity contribution in [2.24, 2.45) is 5.92 Å². The molecule has 2 aromatic heterocycles. The van der Waals surface area contributed by atoms with Gasteiger partial charge in [-0.15, -0.1) is 0 Å². The molecule has 0 saturated carbocycles. The van der Waals surface area contributed by atoms with E-state index < -0.39 is 0 Å². The zero-order chi connectivity index (χ0) is 17.1. The molecule has 0 aliphatic rings. The van der Waals surface area contributed by atoms with Gasteiger partial charge in [-0.05, 0) is 37.0 Å². The predicted molar refractivity (Wildman–Crippen MR) is 93.7 cm³/mol. The highest BCUT2D eigenvalue weighted by molar-refractivity contribution is 5.92. The summed E-state index contributed by atoms with van der Waals surface area (Å²) in [6.45, 7) is 6.28. The normalized spacial score (nSPS) is 12.7. The topological polar surface area (TPSA) is 86.5 Å². The van der Waals surface area contributed by atoms with Crippen molar-refractivity contribution in [2.75, 3.05) is 0 Å². The molecule has 1 atom stereocenters. The molecule has 3 rings (SSSR count). The molecule has 0 aliphatic carbocycles. The number of imidazole rings is 1. The van der Waals surface area contributed by atoms with Crippen molar-refractivity contribution in [3.8, 4) is 0 Å². The maximum Gasteiger partial charge on any atom is 0.272 e. The molecule has 0 aliphatic heterocycles. The summed E-state index contributed by atoms with van der Waals surface area (Å²) in [4.78, 5) is 20.5. The van der Waals surface area contributed by atoms with Crippen molar-refractivity contribution < 1.29 is 4.79 Å². The smallest absolute Gasteiger partial charge is 0.272 e. The van der Waals surface area contributed by atoms with Crippen molar-refractivity contribution in [2.45, 2.75) is 39.7 Å². The van der Waals surface area contributed by atoms with Crippen molar-refractivity contribution in [1.29, 1.82) is 0 Å². The summed E-state index contributed by atoms with van der Waals surface area (Å²) in [5.74, 6) is 1.02. The van der Waals surface area contributed by atoms with Crippen LogP contribution < -0.4 is 5.32 Å². The molecule has 6 heteroatoms. The summed E-state index contributed by atoms with van der Waals surface area (Å²) in [7, 11) is 0. The molecule has 0 saturated heterocycles. The summed E-state index contributed by atoms with van der Waals surface area (Å²) in [5, 5.41) is 10.0. The molecule has 3 N–H and O–H groups in total. The molecule has 1 unspecified atom stereocenters. The molecular weight excluding hydrogens is 302 g/mol. The van der Waals surface area contributed by atoms with Gasteiger partial charge in [0.1, 0.15) is 11.5 Å². The third-order valence-corrected chi connectivity index (χ3v) is 3.99. The number of H-pyrrole nitrogens is 2. The van der Waals surface area contributed by atoms with E-state index in [0.29, 0.717) is 11.6 Å². The number of amides is 1. The van der Waals surface area contributed by atoms with Gasteiger partial charge in [0.25, 0.3) is 5.91 Å². The molecule has 0 spiro atoms. The second-order valence-corrected chi connectivity index (χ2v) is 6.43. The zero-order valence-electron chi connectivity index (χ0n) is 14.3.